The Morgan fingerprint density at radius 3 is 2.64 bits per heavy atom. The summed E-state index contributed by atoms with van der Waals surface area (Å²) >= 11 is 0. The summed E-state index contributed by atoms with van der Waals surface area (Å²) in [5, 5.41) is 12.5. The average Bonchev–Trinajstić information content (AvgIpc) is 2.57. The van der Waals surface area contributed by atoms with E-state index in [1.165, 1.54) is 0 Å². The smallest absolute Gasteiger partial charge is 0.188 e. The minimum atomic E-state index is -0.0302. The van der Waals surface area contributed by atoms with Crippen LogP contribution in [0.4, 0.5) is 0 Å². The molecular weight excluding hydrogens is 276 g/mol. The van der Waals surface area contributed by atoms with Gasteiger partial charge < -0.3 is 16.2 Å². The zero-order chi connectivity index (χ0) is 15.6. The van der Waals surface area contributed by atoms with Crippen molar-refractivity contribution in [3.05, 3.63) is 66.0 Å². The van der Waals surface area contributed by atoms with Crippen LogP contribution in [-0.4, -0.2) is 35.7 Å². The number of benzene rings is 1. The fourth-order valence-electron chi connectivity index (χ4n) is 2.12. The Morgan fingerprint density at radius 1 is 1.18 bits per heavy atom. The van der Waals surface area contributed by atoms with Crippen LogP contribution in [0.1, 0.15) is 17.2 Å². The molecule has 1 aromatic heterocycles. The maximum Gasteiger partial charge on any atom is 0.188 e. The molecule has 1 unspecified atom stereocenters. The lowest BCUT2D eigenvalue weighted by molar-refractivity contribution is 0.268. The topological polar surface area (TPSA) is 83.5 Å². The Morgan fingerprint density at radius 2 is 1.95 bits per heavy atom. The van der Waals surface area contributed by atoms with E-state index in [1.807, 2.05) is 48.5 Å². The first-order chi connectivity index (χ1) is 10.8. The standard InChI is InChI=1S/C17H22N4O/c18-17(20-11-9-16-8-4-5-10-19-16)21-12-15(13-22)14-6-2-1-3-7-14/h1-8,10,15,22H,9,11-13H2,(H3,18,20,21). The highest BCUT2D eigenvalue weighted by atomic mass is 16.3. The van der Waals surface area contributed by atoms with E-state index in [9.17, 15) is 5.11 Å². The number of rotatable bonds is 7. The number of pyridine rings is 1. The van der Waals surface area contributed by atoms with Gasteiger partial charge in [-0.1, -0.05) is 36.4 Å². The van der Waals surface area contributed by atoms with Crippen molar-refractivity contribution in [2.75, 3.05) is 19.7 Å². The molecule has 1 atom stereocenters. The zero-order valence-electron chi connectivity index (χ0n) is 12.5. The van der Waals surface area contributed by atoms with Gasteiger partial charge in [0, 0.05) is 30.8 Å². The van der Waals surface area contributed by atoms with Gasteiger partial charge in [0.2, 0.25) is 0 Å². The van der Waals surface area contributed by atoms with E-state index in [2.05, 4.69) is 15.3 Å². The number of nitrogens with two attached hydrogens (primary N) is 1. The second-order valence-corrected chi connectivity index (χ2v) is 5.01. The minimum Gasteiger partial charge on any atom is -0.396 e. The number of aliphatic hydroxyl groups excluding tert-OH is 1. The molecular formula is C17H22N4O. The Bertz CT molecular complexity index is 572. The first-order valence-corrected chi connectivity index (χ1v) is 7.39. The Labute approximate surface area is 130 Å². The highest BCUT2D eigenvalue weighted by Gasteiger charge is 2.09. The summed E-state index contributed by atoms with van der Waals surface area (Å²) in [7, 11) is 0. The van der Waals surface area contributed by atoms with Crippen LogP contribution in [0.15, 0.2) is 59.7 Å². The molecule has 0 aliphatic heterocycles. The van der Waals surface area contributed by atoms with Crippen LogP contribution in [0, 0.1) is 0 Å². The van der Waals surface area contributed by atoms with Crippen molar-refractivity contribution < 1.29 is 5.11 Å². The predicted molar refractivity (Wildman–Crippen MR) is 88.7 cm³/mol. The van der Waals surface area contributed by atoms with Gasteiger partial charge >= 0.3 is 0 Å². The monoisotopic (exact) mass is 298 g/mol. The largest absolute Gasteiger partial charge is 0.396 e. The molecule has 116 valence electrons. The van der Waals surface area contributed by atoms with Crippen LogP contribution in [0.2, 0.25) is 0 Å². The number of aromatic nitrogens is 1. The molecule has 5 nitrogen and oxygen atoms in total. The van der Waals surface area contributed by atoms with E-state index in [0.717, 1.165) is 17.7 Å². The third kappa shape index (κ3) is 5.18. The molecule has 1 heterocycles. The molecule has 2 rings (SSSR count). The van der Waals surface area contributed by atoms with Crippen molar-refractivity contribution in [3.63, 3.8) is 0 Å². The Kier molecular flexibility index (Phi) is 6.39. The molecule has 0 bridgehead atoms. The van der Waals surface area contributed by atoms with Crippen LogP contribution in [0.5, 0.6) is 0 Å². The molecule has 0 spiro atoms. The van der Waals surface area contributed by atoms with Crippen molar-refractivity contribution in [2.24, 2.45) is 10.7 Å². The van der Waals surface area contributed by atoms with Gasteiger partial charge in [-0.25, -0.2) is 0 Å². The molecule has 0 radical (unpaired) electrons. The summed E-state index contributed by atoms with van der Waals surface area (Å²) in [5.74, 6) is 0.364. The molecule has 0 fully saturated rings. The Hall–Kier alpha value is -2.40. The number of aliphatic hydroxyl groups is 1. The highest BCUT2D eigenvalue weighted by molar-refractivity contribution is 5.77. The van der Waals surface area contributed by atoms with E-state index in [0.29, 0.717) is 19.0 Å². The van der Waals surface area contributed by atoms with E-state index < -0.39 is 0 Å². The zero-order valence-corrected chi connectivity index (χ0v) is 12.5. The van der Waals surface area contributed by atoms with Crippen molar-refractivity contribution in [2.45, 2.75) is 12.3 Å². The van der Waals surface area contributed by atoms with Gasteiger partial charge in [-0.2, -0.15) is 0 Å². The lowest BCUT2D eigenvalue weighted by Crippen LogP contribution is -2.34. The van der Waals surface area contributed by atoms with Crippen molar-refractivity contribution in [1.29, 1.82) is 0 Å². The fourth-order valence-corrected chi connectivity index (χ4v) is 2.12. The van der Waals surface area contributed by atoms with Gasteiger partial charge in [0.25, 0.3) is 0 Å². The van der Waals surface area contributed by atoms with Crippen LogP contribution < -0.4 is 11.1 Å². The minimum absolute atomic E-state index is 0.0302. The molecule has 22 heavy (non-hydrogen) atoms. The number of guanidine groups is 1. The molecule has 5 heteroatoms. The molecule has 0 aliphatic rings. The molecule has 1 aromatic carbocycles. The predicted octanol–water partition coefficient (Wildman–Crippen LogP) is 1.30. The van der Waals surface area contributed by atoms with Crippen LogP contribution >= 0.6 is 0 Å². The summed E-state index contributed by atoms with van der Waals surface area (Å²) in [6.07, 6.45) is 2.57. The summed E-state index contributed by atoms with van der Waals surface area (Å²) in [6.45, 7) is 1.19. The normalized spacial score (nSPS) is 12.9. The third-order valence-corrected chi connectivity index (χ3v) is 3.39. The van der Waals surface area contributed by atoms with Crippen molar-refractivity contribution in [3.8, 4) is 0 Å². The Balaban J connectivity index is 1.79. The summed E-state index contributed by atoms with van der Waals surface area (Å²) in [6, 6.07) is 15.7. The van der Waals surface area contributed by atoms with Gasteiger partial charge in [0.05, 0.1) is 13.2 Å². The van der Waals surface area contributed by atoms with Crippen molar-refractivity contribution in [1.82, 2.24) is 10.3 Å². The number of hydrogen-bond donors (Lipinski definition) is 3. The summed E-state index contributed by atoms with van der Waals surface area (Å²) < 4.78 is 0. The van der Waals surface area contributed by atoms with Gasteiger partial charge in [-0.3, -0.25) is 9.98 Å². The van der Waals surface area contributed by atoms with Gasteiger partial charge in [-0.05, 0) is 17.7 Å². The second-order valence-electron chi connectivity index (χ2n) is 5.01. The van der Waals surface area contributed by atoms with Gasteiger partial charge in [-0.15, -0.1) is 0 Å². The SMILES string of the molecule is NC(=NCC(CO)c1ccccc1)NCCc1ccccn1. The number of aliphatic imine (C=N–C) groups is 1. The average molecular weight is 298 g/mol. The van der Waals surface area contributed by atoms with E-state index in [-0.39, 0.29) is 12.5 Å². The lowest BCUT2D eigenvalue weighted by Gasteiger charge is -2.12. The molecule has 0 saturated heterocycles. The third-order valence-electron chi connectivity index (χ3n) is 3.39. The second kappa shape index (κ2) is 8.79. The van der Waals surface area contributed by atoms with E-state index in [1.54, 1.807) is 6.20 Å². The highest BCUT2D eigenvalue weighted by Crippen LogP contribution is 2.14. The molecule has 0 aliphatic carbocycles. The van der Waals surface area contributed by atoms with Crippen LogP contribution in [0.25, 0.3) is 0 Å². The number of nitrogens with one attached hydrogen (secondary N) is 1. The quantitative estimate of drug-likeness (QED) is 0.531. The fraction of sp³-hybridized carbons (Fsp3) is 0.294. The summed E-state index contributed by atoms with van der Waals surface area (Å²) in [5.41, 5.74) is 7.93. The number of hydrogen-bond acceptors (Lipinski definition) is 3. The lowest BCUT2D eigenvalue weighted by atomic mass is 10.0. The first-order valence-electron chi connectivity index (χ1n) is 7.39. The first kappa shape index (κ1) is 16.0. The van der Waals surface area contributed by atoms with Crippen LogP contribution in [0.3, 0.4) is 0 Å². The van der Waals surface area contributed by atoms with E-state index in [4.69, 9.17) is 5.73 Å². The van der Waals surface area contributed by atoms with Crippen molar-refractivity contribution >= 4 is 5.96 Å². The van der Waals surface area contributed by atoms with E-state index >= 15 is 0 Å². The molecule has 4 N–H and O–H groups in total. The molecule has 0 saturated carbocycles. The molecule has 2 aromatic rings. The van der Waals surface area contributed by atoms with Gasteiger partial charge in [0.1, 0.15) is 0 Å². The van der Waals surface area contributed by atoms with Gasteiger partial charge in [0.15, 0.2) is 5.96 Å². The maximum atomic E-state index is 9.48. The maximum absolute atomic E-state index is 9.48. The number of nitrogens with zero attached hydrogens (tertiary/aromatic N) is 2. The summed E-state index contributed by atoms with van der Waals surface area (Å²) in [4.78, 5) is 8.55. The molecule has 0 amide bonds. The van der Waals surface area contributed by atoms with Crippen LogP contribution in [-0.2, 0) is 6.42 Å².